The summed E-state index contributed by atoms with van der Waals surface area (Å²) < 4.78 is 13.0. The van der Waals surface area contributed by atoms with Gasteiger partial charge in [0.05, 0.1) is 17.9 Å². The van der Waals surface area contributed by atoms with E-state index >= 15 is 0 Å². The van der Waals surface area contributed by atoms with Gasteiger partial charge in [-0.05, 0) is 50.4 Å². The second kappa shape index (κ2) is 7.82. The molecular formula is C16H26FN3O. The van der Waals surface area contributed by atoms with Crippen molar-refractivity contribution >= 4 is 0 Å². The number of nitrogens with one attached hydrogen (secondary N) is 1. The van der Waals surface area contributed by atoms with E-state index in [-0.39, 0.29) is 18.5 Å². The number of hydrogen-bond donors (Lipinski definition) is 2. The van der Waals surface area contributed by atoms with Gasteiger partial charge in [-0.25, -0.2) is 4.39 Å². The maximum absolute atomic E-state index is 13.0. The second-order valence-corrected chi connectivity index (χ2v) is 6.07. The Bertz CT molecular complexity index is 426. The summed E-state index contributed by atoms with van der Waals surface area (Å²) in [5.41, 5.74) is 0.887. The summed E-state index contributed by atoms with van der Waals surface area (Å²) in [4.78, 5) is 6.66. The molecule has 118 valence electrons. The van der Waals surface area contributed by atoms with Crippen molar-refractivity contribution in [2.45, 2.75) is 25.8 Å². The molecular weight excluding hydrogens is 269 g/mol. The van der Waals surface area contributed by atoms with Crippen molar-refractivity contribution in [1.82, 2.24) is 15.2 Å². The Hall–Kier alpha value is -1.04. The van der Waals surface area contributed by atoms with Crippen LogP contribution < -0.4 is 5.32 Å². The third-order valence-corrected chi connectivity index (χ3v) is 4.40. The quantitative estimate of drug-likeness (QED) is 0.805. The Morgan fingerprint density at radius 2 is 2.33 bits per heavy atom. The lowest BCUT2D eigenvalue weighted by Gasteiger charge is -2.27. The van der Waals surface area contributed by atoms with E-state index in [1.54, 1.807) is 6.07 Å². The van der Waals surface area contributed by atoms with Crippen molar-refractivity contribution in [3.8, 4) is 0 Å². The van der Waals surface area contributed by atoms with Gasteiger partial charge in [0.25, 0.3) is 0 Å². The molecule has 0 aliphatic carbocycles. The van der Waals surface area contributed by atoms with E-state index in [0.717, 1.165) is 31.7 Å². The SMILES string of the molecule is CNC(c1ccc(F)cn1)C(C)CN1CCC(CCO)C1. The van der Waals surface area contributed by atoms with E-state index in [9.17, 15) is 4.39 Å². The zero-order valence-electron chi connectivity index (χ0n) is 12.9. The summed E-state index contributed by atoms with van der Waals surface area (Å²) in [6, 6.07) is 3.35. The molecule has 0 spiro atoms. The third-order valence-electron chi connectivity index (χ3n) is 4.40. The first kappa shape index (κ1) is 16.3. The van der Waals surface area contributed by atoms with Crippen LogP contribution in [0, 0.1) is 17.7 Å². The number of pyridine rings is 1. The third kappa shape index (κ3) is 4.46. The normalized spacial score (nSPS) is 22.4. The fourth-order valence-electron chi connectivity index (χ4n) is 3.30. The molecule has 2 rings (SSSR count). The van der Waals surface area contributed by atoms with Crippen LogP contribution in [0.15, 0.2) is 18.3 Å². The highest BCUT2D eigenvalue weighted by Gasteiger charge is 2.26. The molecule has 0 aromatic carbocycles. The Labute approximate surface area is 126 Å². The zero-order valence-corrected chi connectivity index (χ0v) is 12.9. The van der Waals surface area contributed by atoms with E-state index in [0.29, 0.717) is 11.8 Å². The van der Waals surface area contributed by atoms with Gasteiger partial charge in [-0.15, -0.1) is 0 Å². The van der Waals surface area contributed by atoms with Crippen molar-refractivity contribution in [2.75, 3.05) is 33.3 Å². The molecule has 1 saturated heterocycles. The van der Waals surface area contributed by atoms with Crippen LogP contribution in [-0.4, -0.2) is 48.3 Å². The van der Waals surface area contributed by atoms with Crippen LogP contribution in [0.25, 0.3) is 0 Å². The first-order valence-electron chi connectivity index (χ1n) is 7.76. The van der Waals surface area contributed by atoms with E-state index in [4.69, 9.17) is 5.11 Å². The number of aliphatic hydroxyl groups is 1. The van der Waals surface area contributed by atoms with Crippen molar-refractivity contribution < 1.29 is 9.50 Å². The molecule has 0 bridgehead atoms. The minimum atomic E-state index is -0.298. The molecule has 1 fully saturated rings. The van der Waals surface area contributed by atoms with Gasteiger partial charge >= 0.3 is 0 Å². The summed E-state index contributed by atoms with van der Waals surface area (Å²) in [6.45, 7) is 5.64. The van der Waals surface area contributed by atoms with Crippen molar-refractivity contribution in [3.63, 3.8) is 0 Å². The van der Waals surface area contributed by atoms with Crippen molar-refractivity contribution in [1.29, 1.82) is 0 Å². The molecule has 2 heterocycles. The minimum Gasteiger partial charge on any atom is -0.396 e. The van der Waals surface area contributed by atoms with Crippen molar-refractivity contribution in [2.24, 2.45) is 11.8 Å². The van der Waals surface area contributed by atoms with Crippen LogP contribution in [0.5, 0.6) is 0 Å². The Morgan fingerprint density at radius 3 is 2.95 bits per heavy atom. The van der Waals surface area contributed by atoms with E-state index in [1.807, 2.05) is 7.05 Å². The average molecular weight is 295 g/mol. The van der Waals surface area contributed by atoms with E-state index in [2.05, 4.69) is 22.1 Å². The fourth-order valence-corrected chi connectivity index (χ4v) is 3.30. The maximum atomic E-state index is 13.0. The molecule has 1 aliphatic rings. The van der Waals surface area contributed by atoms with Gasteiger partial charge in [-0.2, -0.15) is 0 Å². The lowest BCUT2D eigenvalue weighted by Crippen LogP contribution is -2.34. The lowest BCUT2D eigenvalue weighted by molar-refractivity contribution is 0.227. The summed E-state index contributed by atoms with van der Waals surface area (Å²) in [5, 5.41) is 12.3. The predicted octanol–water partition coefficient (Wildman–Crippen LogP) is 1.82. The van der Waals surface area contributed by atoms with E-state index in [1.165, 1.54) is 18.7 Å². The molecule has 21 heavy (non-hydrogen) atoms. The van der Waals surface area contributed by atoms with E-state index < -0.39 is 0 Å². The monoisotopic (exact) mass is 295 g/mol. The highest BCUT2D eigenvalue weighted by atomic mass is 19.1. The first-order chi connectivity index (χ1) is 10.1. The van der Waals surface area contributed by atoms with Gasteiger partial charge in [-0.1, -0.05) is 6.92 Å². The van der Waals surface area contributed by atoms with Crippen LogP contribution in [0.3, 0.4) is 0 Å². The molecule has 3 atom stereocenters. The number of aliphatic hydroxyl groups excluding tert-OH is 1. The highest BCUT2D eigenvalue weighted by Crippen LogP contribution is 2.25. The van der Waals surface area contributed by atoms with Crippen LogP contribution in [0.2, 0.25) is 0 Å². The Morgan fingerprint density at radius 1 is 1.52 bits per heavy atom. The van der Waals surface area contributed by atoms with Crippen LogP contribution in [0.4, 0.5) is 4.39 Å². The molecule has 0 radical (unpaired) electrons. The molecule has 1 aromatic heterocycles. The maximum Gasteiger partial charge on any atom is 0.141 e. The molecule has 4 nitrogen and oxygen atoms in total. The largest absolute Gasteiger partial charge is 0.396 e. The van der Waals surface area contributed by atoms with Gasteiger partial charge < -0.3 is 15.3 Å². The number of likely N-dealkylation sites (tertiary alicyclic amines) is 1. The van der Waals surface area contributed by atoms with Gasteiger partial charge in [0.2, 0.25) is 0 Å². The molecule has 1 aromatic rings. The Kier molecular flexibility index (Phi) is 6.08. The molecule has 0 amide bonds. The number of rotatable bonds is 7. The summed E-state index contributed by atoms with van der Waals surface area (Å²) in [7, 11) is 1.92. The van der Waals surface area contributed by atoms with Crippen LogP contribution in [-0.2, 0) is 0 Å². The fraction of sp³-hybridized carbons (Fsp3) is 0.688. The molecule has 3 unspecified atom stereocenters. The van der Waals surface area contributed by atoms with Crippen LogP contribution in [0.1, 0.15) is 31.5 Å². The van der Waals surface area contributed by atoms with Crippen molar-refractivity contribution in [3.05, 3.63) is 29.8 Å². The molecule has 1 aliphatic heterocycles. The summed E-state index contributed by atoms with van der Waals surface area (Å²) in [5.74, 6) is 0.715. The number of halogens is 1. The number of aromatic nitrogens is 1. The zero-order chi connectivity index (χ0) is 15.2. The molecule has 5 heteroatoms. The number of nitrogens with zero attached hydrogens (tertiary/aromatic N) is 2. The van der Waals surface area contributed by atoms with Gasteiger partial charge in [0.15, 0.2) is 0 Å². The van der Waals surface area contributed by atoms with Gasteiger partial charge in [0.1, 0.15) is 5.82 Å². The summed E-state index contributed by atoms with van der Waals surface area (Å²) in [6.07, 6.45) is 3.35. The van der Waals surface area contributed by atoms with Gasteiger partial charge in [-0.3, -0.25) is 4.98 Å². The van der Waals surface area contributed by atoms with Gasteiger partial charge in [0, 0.05) is 19.7 Å². The summed E-state index contributed by atoms with van der Waals surface area (Å²) >= 11 is 0. The smallest absolute Gasteiger partial charge is 0.141 e. The standard InChI is InChI=1S/C16H26FN3O/c1-12(10-20-7-5-13(11-20)6-8-21)16(18-2)15-4-3-14(17)9-19-15/h3-4,9,12-13,16,18,21H,5-8,10-11H2,1-2H3. The average Bonchev–Trinajstić information content (AvgIpc) is 2.89. The lowest BCUT2D eigenvalue weighted by atomic mass is 9.97. The molecule has 0 saturated carbocycles. The topological polar surface area (TPSA) is 48.4 Å². The Balaban J connectivity index is 1.91. The number of hydrogen-bond acceptors (Lipinski definition) is 4. The van der Waals surface area contributed by atoms with Crippen LogP contribution >= 0.6 is 0 Å². The molecule has 2 N–H and O–H groups in total. The first-order valence-corrected chi connectivity index (χ1v) is 7.76. The predicted molar refractivity (Wildman–Crippen MR) is 81.4 cm³/mol. The second-order valence-electron chi connectivity index (χ2n) is 6.07. The minimum absolute atomic E-state index is 0.127. The highest BCUT2D eigenvalue weighted by molar-refractivity contribution is 5.11.